The van der Waals surface area contributed by atoms with Gasteiger partial charge in [0.05, 0.1) is 23.0 Å². The molecule has 0 bridgehead atoms. The summed E-state index contributed by atoms with van der Waals surface area (Å²) in [5.41, 5.74) is 2.84. The quantitative estimate of drug-likeness (QED) is 0.333. The number of ether oxygens (including phenoxy) is 1. The van der Waals surface area contributed by atoms with Gasteiger partial charge in [0.15, 0.2) is 0 Å². The molecule has 5 nitrogen and oxygen atoms in total. The van der Waals surface area contributed by atoms with Gasteiger partial charge in [-0.3, -0.25) is 4.90 Å². The van der Waals surface area contributed by atoms with Crippen molar-refractivity contribution >= 4 is 11.6 Å². The molecule has 6 heteroatoms. The molecule has 3 aromatic rings. The number of aryl methyl sites for hydroxylation is 1. The van der Waals surface area contributed by atoms with Crippen LogP contribution in [0.15, 0.2) is 67.3 Å². The third kappa shape index (κ3) is 6.45. The lowest BCUT2D eigenvalue weighted by molar-refractivity contribution is 0.102. The first kappa shape index (κ1) is 24.1. The average molecular weight is 454 g/mol. The lowest BCUT2D eigenvalue weighted by Gasteiger charge is -2.25. The van der Waals surface area contributed by atoms with Crippen LogP contribution in [0.4, 0.5) is 0 Å². The average Bonchev–Trinajstić information content (AvgIpc) is 3.09. The van der Waals surface area contributed by atoms with Crippen molar-refractivity contribution in [2.75, 3.05) is 13.1 Å². The summed E-state index contributed by atoms with van der Waals surface area (Å²) in [7, 11) is 0. The first-order chi connectivity index (χ1) is 15.5. The Kier molecular flexibility index (Phi) is 8.91. The van der Waals surface area contributed by atoms with Crippen molar-refractivity contribution in [3.63, 3.8) is 0 Å². The Morgan fingerprint density at radius 2 is 1.91 bits per heavy atom. The van der Waals surface area contributed by atoms with E-state index in [9.17, 15) is 5.11 Å². The van der Waals surface area contributed by atoms with Crippen molar-refractivity contribution in [3.05, 3.63) is 83.5 Å². The molecule has 0 aliphatic rings. The molecule has 0 spiro atoms. The molecule has 0 unspecified atom stereocenters. The van der Waals surface area contributed by atoms with Gasteiger partial charge in [-0.05, 0) is 69.1 Å². The second-order valence-electron chi connectivity index (χ2n) is 7.93. The first-order valence-corrected chi connectivity index (χ1v) is 11.5. The number of benzene rings is 2. The maximum Gasteiger partial charge on any atom is 0.227 e. The van der Waals surface area contributed by atoms with Crippen molar-refractivity contribution in [1.29, 1.82) is 0 Å². The Morgan fingerprint density at radius 3 is 2.56 bits per heavy atom. The summed E-state index contributed by atoms with van der Waals surface area (Å²) in [6.45, 7) is 10.0. The van der Waals surface area contributed by atoms with Gasteiger partial charge < -0.3 is 9.84 Å². The van der Waals surface area contributed by atoms with Crippen LogP contribution < -0.4 is 4.74 Å². The Bertz CT molecular complexity index is 986. The van der Waals surface area contributed by atoms with E-state index in [-0.39, 0.29) is 0 Å². The number of allylic oxidation sites excluding steroid dienone is 1. The van der Waals surface area contributed by atoms with Gasteiger partial charge in [0, 0.05) is 18.1 Å². The van der Waals surface area contributed by atoms with Crippen LogP contribution >= 0.6 is 11.6 Å². The maximum atomic E-state index is 10.5. The van der Waals surface area contributed by atoms with Crippen LogP contribution in [-0.4, -0.2) is 39.0 Å². The second-order valence-corrected chi connectivity index (χ2v) is 8.36. The summed E-state index contributed by atoms with van der Waals surface area (Å²) in [5.74, 6) is 1.37. The molecule has 1 heterocycles. The summed E-state index contributed by atoms with van der Waals surface area (Å²) >= 11 is 6.06. The lowest BCUT2D eigenvalue weighted by atomic mass is 10.1. The molecule has 1 N–H and O–H groups in total. The van der Waals surface area contributed by atoms with E-state index in [2.05, 4.69) is 18.4 Å². The normalized spacial score (nSPS) is 12.2. The third-order valence-electron chi connectivity index (χ3n) is 5.26. The fourth-order valence-corrected chi connectivity index (χ4v) is 3.78. The Morgan fingerprint density at radius 1 is 1.19 bits per heavy atom. The van der Waals surface area contributed by atoms with Crippen LogP contribution in [0.3, 0.4) is 0 Å². The highest BCUT2D eigenvalue weighted by Gasteiger charge is 2.22. The fraction of sp³-hybridized carbons (Fsp3) is 0.346. The van der Waals surface area contributed by atoms with E-state index < -0.39 is 6.10 Å². The predicted molar refractivity (Wildman–Crippen MR) is 131 cm³/mol. The highest BCUT2D eigenvalue weighted by atomic mass is 35.5. The number of nitrogens with zero attached hydrogens (tertiary/aromatic N) is 3. The van der Waals surface area contributed by atoms with E-state index in [1.54, 1.807) is 0 Å². The first-order valence-electron chi connectivity index (χ1n) is 11.1. The molecular weight excluding hydrogens is 422 g/mol. The Labute approximate surface area is 195 Å². The molecule has 170 valence electrons. The van der Waals surface area contributed by atoms with E-state index in [1.165, 1.54) is 0 Å². The van der Waals surface area contributed by atoms with Crippen LogP contribution in [0.2, 0.25) is 5.02 Å². The van der Waals surface area contributed by atoms with Gasteiger partial charge in [0.2, 0.25) is 5.88 Å². The van der Waals surface area contributed by atoms with E-state index in [0.29, 0.717) is 36.2 Å². The number of aromatic nitrogens is 2. The van der Waals surface area contributed by atoms with Crippen molar-refractivity contribution in [2.24, 2.45) is 0 Å². The maximum absolute atomic E-state index is 10.5. The van der Waals surface area contributed by atoms with Crippen LogP contribution in [0.5, 0.6) is 11.6 Å². The van der Waals surface area contributed by atoms with Crippen molar-refractivity contribution in [3.8, 4) is 17.3 Å². The van der Waals surface area contributed by atoms with Crippen LogP contribution in [0, 0.1) is 6.92 Å². The lowest BCUT2D eigenvalue weighted by Crippen LogP contribution is -2.33. The molecule has 3 rings (SSSR count). The number of hydrogen-bond acceptors (Lipinski definition) is 4. The predicted octanol–water partition coefficient (Wildman–Crippen LogP) is 6.17. The second kappa shape index (κ2) is 11.9. The largest absolute Gasteiger partial charge is 0.439 e. The minimum Gasteiger partial charge on any atom is -0.439 e. The summed E-state index contributed by atoms with van der Waals surface area (Å²) in [5, 5.41) is 15.9. The molecule has 0 radical (unpaired) electrons. The fourth-order valence-electron chi connectivity index (χ4n) is 3.66. The zero-order valence-corrected chi connectivity index (χ0v) is 19.6. The topological polar surface area (TPSA) is 50.5 Å². The summed E-state index contributed by atoms with van der Waals surface area (Å²) in [6, 6.07) is 17.3. The highest BCUT2D eigenvalue weighted by molar-refractivity contribution is 6.30. The Balaban J connectivity index is 1.94. The van der Waals surface area contributed by atoms with Crippen LogP contribution in [0.1, 0.15) is 37.4 Å². The number of para-hydroxylation sites is 1. The molecule has 1 atom stereocenters. The molecule has 0 amide bonds. The standard InChI is InChI=1S/C26H32ClN3O2/c1-4-6-12-23(31)18-29(17-5-2)19-25-20(3)28-30(22-10-8-7-9-11-22)26(25)32-24-15-13-21(27)14-16-24/h4,7-11,13-16,23,31H,1,5-6,12,17-19H2,2-3H3/t23-/m0/s1. The van der Waals surface area contributed by atoms with E-state index in [1.807, 2.05) is 72.3 Å². The molecule has 0 aliphatic carbocycles. The van der Waals surface area contributed by atoms with Gasteiger partial charge in [0.1, 0.15) is 5.75 Å². The van der Waals surface area contributed by atoms with Gasteiger partial charge in [-0.1, -0.05) is 42.8 Å². The van der Waals surface area contributed by atoms with Gasteiger partial charge in [-0.15, -0.1) is 6.58 Å². The molecule has 1 aromatic heterocycles. The zero-order chi connectivity index (χ0) is 22.9. The Hall–Kier alpha value is -2.60. The summed E-state index contributed by atoms with van der Waals surface area (Å²) in [4.78, 5) is 2.27. The SMILES string of the molecule is C=CCC[C@H](O)CN(CCC)Cc1c(C)nn(-c2ccccc2)c1Oc1ccc(Cl)cc1. The van der Waals surface area contributed by atoms with Crippen molar-refractivity contribution in [2.45, 2.75) is 45.8 Å². The molecule has 0 saturated carbocycles. The van der Waals surface area contributed by atoms with Gasteiger partial charge in [-0.2, -0.15) is 5.10 Å². The summed E-state index contributed by atoms with van der Waals surface area (Å²) in [6.07, 6.45) is 3.95. The number of hydrogen-bond donors (Lipinski definition) is 1. The van der Waals surface area contributed by atoms with Gasteiger partial charge in [-0.25, -0.2) is 4.68 Å². The number of aliphatic hydroxyl groups excluding tert-OH is 1. The zero-order valence-electron chi connectivity index (χ0n) is 18.9. The van der Waals surface area contributed by atoms with E-state index in [0.717, 1.165) is 36.3 Å². The van der Waals surface area contributed by atoms with Gasteiger partial charge >= 0.3 is 0 Å². The molecule has 2 aromatic carbocycles. The summed E-state index contributed by atoms with van der Waals surface area (Å²) < 4.78 is 8.20. The molecule has 32 heavy (non-hydrogen) atoms. The van der Waals surface area contributed by atoms with Crippen molar-refractivity contribution < 1.29 is 9.84 Å². The number of rotatable bonds is 12. The molecular formula is C26H32ClN3O2. The molecule has 0 aliphatic heterocycles. The number of aliphatic hydroxyl groups is 1. The third-order valence-corrected chi connectivity index (χ3v) is 5.51. The van der Waals surface area contributed by atoms with E-state index >= 15 is 0 Å². The van der Waals surface area contributed by atoms with Crippen LogP contribution in [-0.2, 0) is 6.54 Å². The monoisotopic (exact) mass is 453 g/mol. The van der Waals surface area contributed by atoms with Crippen molar-refractivity contribution in [1.82, 2.24) is 14.7 Å². The number of halogens is 1. The van der Waals surface area contributed by atoms with E-state index in [4.69, 9.17) is 21.4 Å². The minimum atomic E-state index is -0.398. The molecule has 0 fully saturated rings. The smallest absolute Gasteiger partial charge is 0.227 e. The highest BCUT2D eigenvalue weighted by Crippen LogP contribution is 2.32. The minimum absolute atomic E-state index is 0.398. The van der Waals surface area contributed by atoms with Crippen LogP contribution in [0.25, 0.3) is 5.69 Å². The van der Waals surface area contributed by atoms with Gasteiger partial charge in [0.25, 0.3) is 0 Å². The molecule has 0 saturated heterocycles.